The molecular weight excluding hydrogens is 248 g/mol. The summed E-state index contributed by atoms with van der Waals surface area (Å²) in [5.74, 6) is -0.169. The molecule has 0 aliphatic carbocycles. The van der Waals surface area contributed by atoms with Crippen molar-refractivity contribution in [2.24, 2.45) is 5.73 Å². The van der Waals surface area contributed by atoms with Gasteiger partial charge in [-0.25, -0.2) is 0 Å². The SMILES string of the molecule is COCC(N)C(=O)NCC(C)Sc1ccccc1. The Kier molecular flexibility index (Phi) is 6.78. The first-order valence-electron chi connectivity index (χ1n) is 5.87. The van der Waals surface area contributed by atoms with E-state index in [4.69, 9.17) is 10.5 Å². The molecule has 0 spiro atoms. The molecule has 0 aliphatic rings. The molecule has 0 bridgehead atoms. The maximum atomic E-state index is 11.6. The fraction of sp³-hybridized carbons (Fsp3) is 0.462. The number of benzene rings is 1. The number of carbonyl (C=O) groups is 1. The van der Waals surface area contributed by atoms with Gasteiger partial charge < -0.3 is 15.8 Å². The number of methoxy groups -OCH3 is 1. The van der Waals surface area contributed by atoms with Crippen LogP contribution in [0.4, 0.5) is 0 Å². The molecule has 1 aromatic carbocycles. The summed E-state index contributed by atoms with van der Waals surface area (Å²) in [4.78, 5) is 12.8. The molecule has 0 saturated heterocycles. The first kappa shape index (κ1) is 15.0. The first-order chi connectivity index (χ1) is 8.63. The highest BCUT2D eigenvalue weighted by molar-refractivity contribution is 8.00. The molecule has 1 rings (SSSR count). The first-order valence-corrected chi connectivity index (χ1v) is 6.75. The van der Waals surface area contributed by atoms with E-state index in [1.807, 2.05) is 18.2 Å². The molecule has 0 radical (unpaired) electrons. The van der Waals surface area contributed by atoms with Crippen LogP contribution < -0.4 is 11.1 Å². The number of thioether (sulfide) groups is 1. The molecule has 2 atom stereocenters. The zero-order valence-electron chi connectivity index (χ0n) is 10.8. The van der Waals surface area contributed by atoms with Gasteiger partial charge in [0, 0.05) is 23.8 Å². The standard InChI is InChI=1S/C13H20N2O2S/c1-10(18-11-6-4-3-5-7-11)8-15-13(16)12(14)9-17-2/h3-7,10,12H,8-9,14H2,1-2H3,(H,15,16). The summed E-state index contributed by atoms with van der Waals surface area (Å²) in [7, 11) is 1.53. The number of amides is 1. The Labute approximate surface area is 112 Å². The van der Waals surface area contributed by atoms with Crippen LogP contribution in [0.2, 0.25) is 0 Å². The average molecular weight is 268 g/mol. The van der Waals surface area contributed by atoms with Crippen molar-refractivity contribution in [3.05, 3.63) is 30.3 Å². The lowest BCUT2D eigenvalue weighted by molar-refractivity contribution is -0.123. The maximum absolute atomic E-state index is 11.6. The second kappa shape index (κ2) is 8.13. The highest BCUT2D eigenvalue weighted by atomic mass is 32.2. The summed E-state index contributed by atoms with van der Waals surface area (Å²) >= 11 is 1.72. The molecule has 3 N–H and O–H groups in total. The fourth-order valence-corrected chi connectivity index (χ4v) is 2.35. The molecule has 0 heterocycles. The van der Waals surface area contributed by atoms with E-state index in [0.717, 1.165) is 0 Å². The van der Waals surface area contributed by atoms with Crippen LogP contribution in [0.15, 0.2) is 35.2 Å². The van der Waals surface area contributed by atoms with Gasteiger partial charge in [0.15, 0.2) is 0 Å². The van der Waals surface area contributed by atoms with Crippen LogP contribution in [-0.4, -0.2) is 37.5 Å². The van der Waals surface area contributed by atoms with Gasteiger partial charge >= 0.3 is 0 Å². The van der Waals surface area contributed by atoms with Crippen molar-refractivity contribution in [3.8, 4) is 0 Å². The number of nitrogens with two attached hydrogens (primary N) is 1. The van der Waals surface area contributed by atoms with Gasteiger partial charge in [0.25, 0.3) is 0 Å². The quantitative estimate of drug-likeness (QED) is 0.731. The minimum atomic E-state index is -0.594. The van der Waals surface area contributed by atoms with Crippen LogP contribution in [0.25, 0.3) is 0 Å². The molecule has 4 nitrogen and oxygen atoms in total. The monoisotopic (exact) mass is 268 g/mol. The van der Waals surface area contributed by atoms with Crippen LogP contribution in [0.1, 0.15) is 6.92 Å². The van der Waals surface area contributed by atoms with Gasteiger partial charge in [-0.1, -0.05) is 25.1 Å². The molecule has 2 unspecified atom stereocenters. The number of hydrogen-bond acceptors (Lipinski definition) is 4. The lowest BCUT2D eigenvalue weighted by atomic mass is 10.3. The summed E-state index contributed by atoms with van der Waals surface area (Å²) in [5.41, 5.74) is 5.62. The molecule has 1 amide bonds. The summed E-state index contributed by atoms with van der Waals surface area (Å²) in [6.45, 7) is 2.90. The molecule has 0 fully saturated rings. The molecule has 5 heteroatoms. The van der Waals surface area contributed by atoms with E-state index in [-0.39, 0.29) is 12.5 Å². The Bertz CT molecular complexity index is 359. The van der Waals surface area contributed by atoms with E-state index in [1.165, 1.54) is 12.0 Å². The van der Waals surface area contributed by atoms with Gasteiger partial charge in [0.1, 0.15) is 6.04 Å². The third-order valence-corrected chi connectivity index (χ3v) is 3.44. The Morgan fingerprint density at radius 3 is 2.72 bits per heavy atom. The lowest BCUT2D eigenvalue weighted by Crippen LogP contribution is -2.45. The Balaban J connectivity index is 2.29. The third kappa shape index (κ3) is 5.53. The van der Waals surface area contributed by atoms with Gasteiger partial charge in [0.2, 0.25) is 5.91 Å². The molecule has 1 aromatic rings. The van der Waals surface area contributed by atoms with Crippen molar-refractivity contribution in [3.63, 3.8) is 0 Å². The highest BCUT2D eigenvalue weighted by Crippen LogP contribution is 2.21. The van der Waals surface area contributed by atoms with E-state index in [9.17, 15) is 4.79 Å². The van der Waals surface area contributed by atoms with Crippen LogP contribution >= 0.6 is 11.8 Å². The summed E-state index contributed by atoms with van der Waals surface area (Å²) < 4.78 is 4.84. The van der Waals surface area contributed by atoms with Crippen molar-refractivity contribution in [1.82, 2.24) is 5.32 Å². The van der Waals surface area contributed by atoms with Crippen LogP contribution in [0, 0.1) is 0 Å². The van der Waals surface area contributed by atoms with E-state index in [0.29, 0.717) is 11.8 Å². The number of rotatable bonds is 7. The van der Waals surface area contributed by atoms with E-state index in [2.05, 4.69) is 24.4 Å². The fourth-order valence-electron chi connectivity index (χ4n) is 1.40. The zero-order chi connectivity index (χ0) is 13.4. The van der Waals surface area contributed by atoms with Crippen molar-refractivity contribution < 1.29 is 9.53 Å². The van der Waals surface area contributed by atoms with Crippen LogP contribution in [-0.2, 0) is 9.53 Å². The molecule has 0 saturated carbocycles. The number of carbonyl (C=O) groups excluding carboxylic acids is 1. The summed E-state index contributed by atoms with van der Waals surface area (Å²) in [5, 5.41) is 3.12. The number of ether oxygens (including phenoxy) is 1. The Morgan fingerprint density at radius 1 is 1.44 bits per heavy atom. The predicted octanol–water partition coefficient (Wildman–Crippen LogP) is 1.26. The zero-order valence-corrected chi connectivity index (χ0v) is 11.6. The predicted molar refractivity (Wildman–Crippen MR) is 74.6 cm³/mol. The summed E-state index contributed by atoms with van der Waals surface area (Å²) in [6, 6.07) is 9.51. The second-order valence-electron chi connectivity index (χ2n) is 4.05. The molecular formula is C13H20N2O2S. The third-order valence-electron chi connectivity index (χ3n) is 2.33. The smallest absolute Gasteiger partial charge is 0.239 e. The van der Waals surface area contributed by atoms with Crippen molar-refractivity contribution >= 4 is 17.7 Å². The van der Waals surface area contributed by atoms with Gasteiger partial charge in [-0.2, -0.15) is 0 Å². The van der Waals surface area contributed by atoms with Gasteiger partial charge in [0.05, 0.1) is 6.61 Å². The van der Waals surface area contributed by atoms with Gasteiger partial charge in [-0.3, -0.25) is 4.79 Å². The average Bonchev–Trinajstić information content (AvgIpc) is 2.37. The Morgan fingerprint density at radius 2 is 2.11 bits per heavy atom. The molecule has 0 aliphatic heterocycles. The topological polar surface area (TPSA) is 64.3 Å². The highest BCUT2D eigenvalue weighted by Gasteiger charge is 2.13. The maximum Gasteiger partial charge on any atom is 0.239 e. The Hall–Kier alpha value is -1.04. The largest absolute Gasteiger partial charge is 0.383 e. The van der Waals surface area contributed by atoms with Crippen molar-refractivity contribution in [2.75, 3.05) is 20.3 Å². The van der Waals surface area contributed by atoms with Gasteiger partial charge in [-0.15, -0.1) is 11.8 Å². The number of hydrogen-bond donors (Lipinski definition) is 2. The molecule has 0 aromatic heterocycles. The summed E-state index contributed by atoms with van der Waals surface area (Å²) in [6.07, 6.45) is 0. The number of nitrogens with one attached hydrogen (secondary N) is 1. The molecule has 100 valence electrons. The van der Waals surface area contributed by atoms with Crippen LogP contribution in [0.3, 0.4) is 0 Å². The normalized spacial score (nSPS) is 13.9. The van der Waals surface area contributed by atoms with E-state index < -0.39 is 6.04 Å². The van der Waals surface area contributed by atoms with Crippen LogP contribution in [0.5, 0.6) is 0 Å². The molecule has 18 heavy (non-hydrogen) atoms. The minimum Gasteiger partial charge on any atom is -0.383 e. The lowest BCUT2D eigenvalue weighted by Gasteiger charge is -2.15. The van der Waals surface area contributed by atoms with Gasteiger partial charge in [-0.05, 0) is 12.1 Å². The second-order valence-corrected chi connectivity index (χ2v) is 5.56. The van der Waals surface area contributed by atoms with E-state index >= 15 is 0 Å². The van der Waals surface area contributed by atoms with Crippen molar-refractivity contribution in [2.45, 2.75) is 23.1 Å². The van der Waals surface area contributed by atoms with E-state index in [1.54, 1.807) is 11.8 Å². The van der Waals surface area contributed by atoms with Crippen molar-refractivity contribution in [1.29, 1.82) is 0 Å². The minimum absolute atomic E-state index is 0.169.